The smallest absolute Gasteiger partial charge is 0.134 e. The second-order valence-electron chi connectivity index (χ2n) is 4.02. The van der Waals surface area contributed by atoms with Crippen molar-refractivity contribution < 1.29 is 5.11 Å². The van der Waals surface area contributed by atoms with Crippen LogP contribution in [0.5, 0.6) is 0 Å². The Bertz CT molecular complexity index is 342. The number of hydrogen-bond donors (Lipinski definition) is 1. The summed E-state index contributed by atoms with van der Waals surface area (Å²) >= 11 is 0. The molecule has 82 valence electrons. The highest BCUT2D eigenvalue weighted by Crippen LogP contribution is 2.20. The Morgan fingerprint density at radius 2 is 2.27 bits per heavy atom. The van der Waals surface area contributed by atoms with E-state index in [-0.39, 0.29) is 6.10 Å². The van der Waals surface area contributed by atoms with E-state index in [9.17, 15) is 5.11 Å². The predicted octanol–water partition coefficient (Wildman–Crippen LogP) is 0.114. The molecule has 1 fully saturated rings. The van der Waals surface area contributed by atoms with Crippen LogP contribution in [-0.4, -0.2) is 48.4 Å². The molecule has 5 nitrogen and oxygen atoms in total. The molecule has 0 aliphatic carbocycles. The van der Waals surface area contributed by atoms with E-state index in [1.54, 1.807) is 6.33 Å². The predicted molar refractivity (Wildman–Crippen MR) is 59.2 cm³/mol. The summed E-state index contributed by atoms with van der Waals surface area (Å²) in [6.07, 6.45) is 2.17. The molecule has 0 unspecified atom stereocenters. The Hall–Kier alpha value is -1.36. The maximum Gasteiger partial charge on any atom is 0.134 e. The van der Waals surface area contributed by atoms with E-state index in [2.05, 4.69) is 14.9 Å². The van der Waals surface area contributed by atoms with Gasteiger partial charge >= 0.3 is 0 Å². The van der Waals surface area contributed by atoms with Crippen molar-refractivity contribution >= 4 is 11.6 Å². The third kappa shape index (κ3) is 2.18. The molecule has 1 saturated heterocycles. The first-order valence-corrected chi connectivity index (χ1v) is 5.09. The lowest BCUT2D eigenvalue weighted by Crippen LogP contribution is -2.23. The van der Waals surface area contributed by atoms with Crippen LogP contribution >= 0.6 is 0 Å². The second kappa shape index (κ2) is 4.02. The summed E-state index contributed by atoms with van der Waals surface area (Å²) in [5, 5.41) is 9.44. The van der Waals surface area contributed by atoms with Gasteiger partial charge in [0.1, 0.15) is 18.0 Å². The van der Waals surface area contributed by atoms with Gasteiger partial charge in [0, 0.05) is 33.3 Å². The van der Waals surface area contributed by atoms with E-state index in [1.807, 2.05) is 25.1 Å². The topological polar surface area (TPSA) is 52.5 Å². The minimum Gasteiger partial charge on any atom is -0.391 e. The molecule has 1 aliphatic rings. The zero-order chi connectivity index (χ0) is 10.8. The Morgan fingerprint density at radius 3 is 2.87 bits per heavy atom. The minimum absolute atomic E-state index is 0.220. The first-order valence-electron chi connectivity index (χ1n) is 5.09. The van der Waals surface area contributed by atoms with Gasteiger partial charge in [-0.1, -0.05) is 0 Å². The average Bonchev–Trinajstić information content (AvgIpc) is 2.65. The largest absolute Gasteiger partial charge is 0.391 e. The molecular formula is C10H16N4O. The Morgan fingerprint density at radius 1 is 1.47 bits per heavy atom. The fourth-order valence-corrected chi connectivity index (χ4v) is 1.70. The van der Waals surface area contributed by atoms with Gasteiger partial charge in [-0.3, -0.25) is 0 Å². The third-order valence-corrected chi connectivity index (χ3v) is 2.58. The zero-order valence-electron chi connectivity index (χ0n) is 9.09. The molecule has 2 rings (SSSR count). The average molecular weight is 208 g/mol. The number of rotatable bonds is 2. The fourth-order valence-electron chi connectivity index (χ4n) is 1.70. The van der Waals surface area contributed by atoms with Crippen LogP contribution in [-0.2, 0) is 0 Å². The molecule has 1 aromatic rings. The molecule has 0 bridgehead atoms. The summed E-state index contributed by atoms with van der Waals surface area (Å²) in [7, 11) is 3.90. The molecule has 5 heteroatoms. The van der Waals surface area contributed by atoms with Crippen LogP contribution in [0.2, 0.25) is 0 Å². The minimum atomic E-state index is -0.220. The summed E-state index contributed by atoms with van der Waals surface area (Å²) < 4.78 is 0. The van der Waals surface area contributed by atoms with Crippen molar-refractivity contribution in [2.45, 2.75) is 12.5 Å². The van der Waals surface area contributed by atoms with Crippen LogP contribution in [0.15, 0.2) is 12.4 Å². The van der Waals surface area contributed by atoms with Crippen molar-refractivity contribution in [1.82, 2.24) is 9.97 Å². The number of aliphatic hydroxyl groups excluding tert-OH is 1. The number of nitrogens with zero attached hydrogens (tertiary/aromatic N) is 4. The third-order valence-electron chi connectivity index (χ3n) is 2.58. The quantitative estimate of drug-likeness (QED) is 0.748. The van der Waals surface area contributed by atoms with Gasteiger partial charge in [-0.25, -0.2) is 9.97 Å². The Labute approximate surface area is 89.4 Å². The molecule has 0 spiro atoms. The highest BCUT2D eigenvalue weighted by Gasteiger charge is 2.21. The molecule has 0 amide bonds. The van der Waals surface area contributed by atoms with Gasteiger partial charge in [-0.2, -0.15) is 0 Å². The lowest BCUT2D eigenvalue weighted by molar-refractivity contribution is 0.198. The normalized spacial score (nSPS) is 20.7. The molecule has 1 aromatic heterocycles. The number of aliphatic hydroxyl groups is 1. The molecule has 0 radical (unpaired) electrons. The van der Waals surface area contributed by atoms with Crippen molar-refractivity contribution in [3.63, 3.8) is 0 Å². The maximum atomic E-state index is 9.44. The molecule has 1 atom stereocenters. The van der Waals surface area contributed by atoms with E-state index in [0.717, 1.165) is 24.6 Å². The molecule has 1 N–H and O–H groups in total. The second-order valence-corrected chi connectivity index (χ2v) is 4.02. The summed E-state index contributed by atoms with van der Waals surface area (Å²) in [5.74, 6) is 1.78. The Balaban J connectivity index is 2.18. The highest BCUT2D eigenvalue weighted by molar-refractivity contribution is 5.49. The van der Waals surface area contributed by atoms with Crippen molar-refractivity contribution in [1.29, 1.82) is 0 Å². The van der Waals surface area contributed by atoms with Gasteiger partial charge < -0.3 is 14.9 Å². The monoisotopic (exact) mass is 208 g/mol. The SMILES string of the molecule is CN(C)c1cc(N2CC[C@H](O)C2)ncn1. The van der Waals surface area contributed by atoms with E-state index in [4.69, 9.17) is 0 Å². The van der Waals surface area contributed by atoms with Gasteiger partial charge in [-0.05, 0) is 6.42 Å². The first kappa shape index (κ1) is 10.2. The number of anilines is 2. The number of β-amino-alcohol motifs (C(OH)–C–C–N with tert-alkyl or cyclic N) is 1. The van der Waals surface area contributed by atoms with Crippen molar-refractivity contribution in [2.75, 3.05) is 37.0 Å². The fraction of sp³-hybridized carbons (Fsp3) is 0.600. The molecule has 1 aliphatic heterocycles. The van der Waals surface area contributed by atoms with Gasteiger partial charge in [0.15, 0.2) is 0 Å². The lowest BCUT2D eigenvalue weighted by atomic mass is 10.3. The van der Waals surface area contributed by atoms with Crippen LogP contribution in [0, 0.1) is 0 Å². The van der Waals surface area contributed by atoms with E-state index in [0.29, 0.717) is 6.54 Å². The van der Waals surface area contributed by atoms with Gasteiger partial charge in [0.2, 0.25) is 0 Å². The molecule has 2 heterocycles. The van der Waals surface area contributed by atoms with Crippen molar-refractivity contribution in [3.8, 4) is 0 Å². The highest BCUT2D eigenvalue weighted by atomic mass is 16.3. The van der Waals surface area contributed by atoms with E-state index >= 15 is 0 Å². The Kier molecular flexibility index (Phi) is 2.73. The summed E-state index contributed by atoms with van der Waals surface area (Å²) in [6.45, 7) is 1.54. The summed E-state index contributed by atoms with van der Waals surface area (Å²) in [5.41, 5.74) is 0. The van der Waals surface area contributed by atoms with Crippen LogP contribution < -0.4 is 9.80 Å². The summed E-state index contributed by atoms with van der Waals surface area (Å²) in [4.78, 5) is 12.4. The molecule has 0 aromatic carbocycles. The van der Waals surface area contributed by atoms with Crippen LogP contribution in [0.3, 0.4) is 0 Å². The first-order chi connectivity index (χ1) is 7.16. The van der Waals surface area contributed by atoms with E-state index in [1.165, 1.54) is 0 Å². The zero-order valence-corrected chi connectivity index (χ0v) is 9.09. The standard InChI is InChI=1S/C10H16N4O/c1-13(2)9-5-10(12-7-11-9)14-4-3-8(15)6-14/h5,7-8,15H,3-4,6H2,1-2H3/t8-/m0/s1. The number of aromatic nitrogens is 2. The van der Waals surface area contributed by atoms with Crippen LogP contribution in [0.4, 0.5) is 11.6 Å². The van der Waals surface area contributed by atoms with Gasteiger partial charge in [-0.15, -0.1) is 0 Å². The van der Waals surface area contributed by atoms with Gasteiger partial charge in [0.05, 0.1) is 6.10 Å². The summed E-state index contributed by atoms with van der Waals surface area (Å²) in [6, 6.07) is 1.94. The van der Waals surface area contributed by atoms with Gasteiger partial charge in [0.25, 0.3) is 0 Å². The number of hydrogen-bond acceptors (Lipinski definition) is 5. The maximum absolute atomic E-state index is 9.44. The lowest BCUT2D eigenvalue weighted by Gasteiger charge is -2.18. The molecule has 15 heavy (non-hydrogen) atoms. The molecular weight excluding hydrogens is 192 g/mol. The van der Waals surface area contributed by atoms with Crippen LogP contribution in [0.25, 0.3) is 0 Å². The molecule has 0 saturated carbocycles. The van der Waals surface area contributed by atoms with Crippen molar-refractivity contribution in [3.05, 3.63) is 12.4 Å². The van der Waals surface area contributed by atoms with Crippen LogP contribution in [0.1, 0.15) is 6.42 Å². The van der Waals surface area contributed by atoms with E-state index < -0.39 is 0 Å². The van der Waals surface area contributed by atoms with Crippen molar-refractivity contribution in [2.24, 2.45) is 0 Å².